The molecule has 0 aliphatic carbocycles. The van der Waals surface area contributed by atoms with Crippen molar-refractivity contribution >= 4 is 22.9 Å². The summed E-state index contributed by atoms with van der Waals surface area (Å²) in [5.74, 6) is 0.725. The molecule has 0 radical (unpaired) electrons. The van der Waals surface area contributed by atoms with E-state index in [2.05, 4.69) is 0 Å². The molecule has 0 saturated carbocycles. The number of likely N-dealkylation sites (N-methyl/N-ethyl adjacent to an activating group) is 1. The molecule has 1 aromatic heterocycles. The number of aromatic nitrogens is 1. The van der Waals surface area contributed by atoms with E-state index >= 15 is 0 Å². The van der Waals surface area contributed by atoms with Crippen LogP contribution < -0.4 is 9.47 Å². The molecule has 3 atom stereocenters. The summed E-state index contributed by atoms with van der Waals surface area (Å²) in [6.45, 7) is 4.51. The van der Waals surface area contributed by atoms with Crippen molar-refractivity contribution in [1.82, 2.24) is 14.4 Å². The van der Waals surface area contributed by atoms with Crippen molar-refractivity contribution in [3.05, 3.63) is 84.1 Å². The van der Waals surface area contributed by atoms with E-state index in [4.69, 9.17) is 14.2 Å². The Bertz CT molecular complexity index is 1600. The number of carbonyl (C=O) groups is 2. The van der Waals surface area contributed by atoms with Crippen molar-refractivity contribution in [2.24, 2.45) is 13.0 Å². The monoisotopic (exact) mass is 585 g/mol. The van der Waals surface area contributed by atoms with Gasteiger partial charge in [-0.15, -0.1) is 0 Å². The fourth-order valence-electron chi connectivity index (χ4n) is 5.69. The normalized spacial score (nSPS) is 17.9. The fraction of sp³-hybridized carbons (Fsp3) is 0.353. The first kappa shape index (κ1) is 30.1. The Morgan fingerprint density at radius 3 is 2.47 bits per heavy atom. The van der Waals surface area contributed by atoms with Crippen molar-refractivity contribution in [2.75, 3.05) is 33.9 Å². The molecule has 43 heavy (non-hydrogen) atoms. The highest BCUT2D eigenvalue weighted by Gasteiger charge is 2.34. The van der Waals surface area contributed by atoms with E-state index in [1.54, 1.807) is 43.3 Å². The lowest BCUT2D eigenvalue weighted by Gasteiger charge is -2.34. The molecule has 0 bridgehead atoms. The Morgan fingerprint density at radius 1 is 1.07 bits per heavy atom. The highest BCUT2D eigenvalue weighted by molar-refractivity contribution is 6.10. The van der Waals surface area contributed by atoms with Gasteiger partial charge in [0.1, 0.15) is 17.2 Å². The molecule has 1 aliphatic heterocycles. The maximum absolute atomic E-state index is 14.5. The van der Waals surface area contributed by atoms with E-state index in [1.807, 2.05) is 74.0 Å². The van der Waals surface area contributed by atoms with E-state index in [-0.39, 0.29) is 25.0 Å². The molecular formula is C34H39N3O6. The van der Waals surface area contributed by atoms with Crippen LogP contribution in [0.3, 0.4) is 0 Å². The van der Waals surface area contributed by atoms with Crippen molar-refractivity contribution in [3.63, 3.8) is 0 Å². The zero-order chi connectivity index (χ0) is 30.7. The minimum absolute atomic E-state index is 0.162. The summed E-state index contributed by atoms with van der Waals surface area (Å²) in [6.07, 6.45) is -0.952. The minimum atomic E-state index is -0.522. The molecule has 3 aromatic carbocycles. The molecular weight excluding hydrogens is 546 g/mol. The van der Waals surface area contributed by atoms with E-state index < -0.39 is 18.2 Å². The molecule has 0 spiro atoms. The average molecular weight is 586 g/mol. The van der Waals surface area contributed by atoms with Crippen molar-refractivity contribution in [3.8, 4) is 22.6 Å². The van der Waals surface area contributed by atoms with E-state index in [9.17, 15) is 14.7 Å². The third-order valence-electron chi connectivity index (χ3n) is 8.26. The van der Waals surface area contributed by atoms with Crippen molar-refractivity contribution < 1.29 is 28.9 Å². The lowest BCUT2D eigenvalue weighted by molar-refractivity contribution is -0.0206. The van der Waals surface area contributed by atoms with E-state index in [0.29, 0.717) is 30.3 Å². The van der Waals surface area contributed by atoms with Crippen molar-refractivity contribution in [1.29, 1.82) is 0 Å². The Kier molecular flexibility index (Phi) is 9.03. The molecule has 0 unspecified atom stereocenters. The molecule has 2 heterocycles. The number of amides is 2. The molecule has 1 N–H and O–H groups in total. The van der Waals surface area contributed by atoms with E-state index in [1.165, 1.54) is 4.90 Å². The predicted molar refractivity (Wildman–Crippen MR) is 165 cm³/mol. The maximum atomic E-state index is 14.5. The second kappa shape index (κ2) is 12.9. The number of aliphatic hydroxyl groups excluding tert-OH is 1. The summed E-state index contributed by atoms with van der Waals surface area (Å²) in [5.41, 5.74) is 4.23. The Morgan fingerprint density at radius 2 is 1.74 bits per heavy atom. The Balaban J connectivity index is 1.51. The van der Waals surface area contributed by atoms with Crippen LogP contribution in [0.15, 0.2) is 72.8 Å². The van der Waals surface area contributed by atoms with Gasteiger partial charge in [-0.05, 0) is 48.4 Å². The molecule has 226 valence electrons. The first-order chi connectivity index (χ1) is 20.7. The zero-order valence-corrected chi connectivity index (χ0v) is 25.3. The summed E-state index contributed by atoms with van der Waals surface area (Å²) < 4.78 is 19.3. The van der Waals surface area contributed by atoms with Gasteiger partial charge >= 0.3 is 6.09 Å². The maximum Gasteiger partial charge on any atom is 0.415 e. The summed E-state index contributed by atoms with van der Waals surface area (Å²) in [7, 11) is 5.16. The molecule has 2 amide bonds. The second-order valence-electron chi connectivity index (χ2n) is 11.2. The van der Waals surface area contributed by atoms with Gasteiger partial charge in [-0.1, -0.05) is 49.4 Å². The van der Waals surface area contributed by atoms with Crippen LogP contribution in [0.4, 0.5) is 4.79 Å². The number of fused-ring (bicyclic) bond motifs is 5. The van der Waals surface area contributed by atoms with Gasteiger partial charge in [0.05, 0.1) is 39.0 Å². The van der Waals surface area contributed by atoms with Gasteiger partial charge < -0.3 is 33.7 Å². The van der Waals surface area contributed by atoms with Gasteiger partial charge in [-0.2, -0.15) is 0 Å². The molecule has 0 fully saturated rings. The molecule has 9 nitrogen and oxygen atoms in total. The number of nitrogens with zero attached hydrogens (tertiary/aromatic N) is 3. The number of aryl methyl sites for hydroxylation is 1. The molecule has 9 heteroatoms. The molecule has 5 rings (SSSR count). The number of aliphatic hydroxyl groups is 1. The fourth-order valence-corrected chi connectivity index (χ4v) is 5.69. The van der Waals surface area contributed by atoms with Crippen molar-refractivity contribution in [2.45, 2.75) is 32.6 Å². The van der Waals surface area contributed by atoms with Gasteiger partial charge in [0.15, 0.2) is 0 Å². The lowest BCUT2D eigenvalue weighted by atomic mass is 9.96. The lowest BCUT2D eigenvalue weighted by Crippen LogP contribution is -2.48. The number of para-hydroxylation sites is 1. The predicted octanol–water partition coefficient (Wildman–Crippen LogP) is 5.34. The highest BCUT2D eigenvalue weighted by Crippen LogP contribution is 2.38. The SMILES string of the molecule is COc1ccc(OC(=O)N(C)C[C@@H]2OCc3ccccc3-c3c(n(C)c4ccccc34)C(=O)N([C@@H](C)CO)C[C@H]2C)cc1. The number of rotatable bonds is 6. The Labute approximate surface area is 252 Å². The standard InChI is InChI=1S/C34H39N3O6/c1-22-18-37(23(2)20-38)33(39)32-31(28-12-8-9-13-29(28)36(32)4)27-11-7-6-10-24(27)21-42-30(22)19-35(3)34(40)43-26-16-14-25(41-5)15-17-26/h6-17,22-23,30,38H,18-21H2,1-5H3/t22-,23+,30+/m1/s1. The number of carbonyl (C=O) groups excluding carboxylic acids is 2. The number of ether oxygens (including phenoxy) is 3. The van der Waals surface area contributed by atoms with Gasteiger partial charge in [-0.3, -0.25) is 4.79 Å². The second-order valence-corrected chi connectivity index (χ2v) is 11.2. The topological polar surface area (TPSA) is 93.5 Å². The molecule has 0 saturated heterocycles. The number of methoxy groups -OCH3 is 1. The first-order valence-electron chi connectivity index (χ1n) is 14.5. The van der Waals surface area contributed by atoms with Gasteiger partial charge in [0.25, 0.3) is 5.91 Å². The van der Waals surface area contributed by atoms with Gasteiger partial charge in [-0.25, -0.2) is 4.79 Å². The smallest absolute Gasteiger partial charge is 0.415 e. The molecule has 1 aliphatic rings. The number of hydrogen-bond acceptors (Lipinski definition) is 6. The van der Waals surface area contributed by atoms with Crippen LogP contribution in [-0.2, 0) is 18.4 Å². The molecule has 4 aromatic rings. The summed E-state index contributed by atoms with van der Waals surface area (Å²) in [4.78, 5) is 30.7. The number of hydrogen-bond donors (Lipinski definition) is 1. The van der Waals surface area contributed by atoms with Crippen LogP contribution >= 0.6 is 0 Å². The van der Waals surface area contributed by atoms with Crippen LogP contribution in [0.1, 0.15) is 29.9 Å². The van der Waals surface area contributed by atoms with Gasteiger partial charge in [0, 0.05) is 43.0 Å². The summed E-state index contributed by atoms with van der Waals surface area (Å²) >= 11 is 0. The average Bonchev–Trinajstić information content (AvgIpc) is 3.32. The number of benzene rings is 3. The largest absolute Gasteiger partial charge is 0.497 e. The van der Waals surface area contributed by atoms with Crippen LogP contribution in [-0.4, -0.2) is 77.5 Å². The first-order valence-corrected chi connectivity index (χ1v) is 14.5. The van der Waals surface area contributed by atoms with Crippen LogP contribution in [0.2, 0.25) is 0 Å². The quantitative estimate of drug-likeness (QED) is 0.328. The van der Waals surface area contributed by atoms with E-state index in [0.717, 1.165) is 27.6 Å². The summed E-state index contributed by atoms with van der Waals surface area (Å²) in [5, 5.41) is 11.2. The third kappa shape index (κ3) is 6.09. The van der Waals surface area contributed by atoms with Gasteiger partial charge in [0.2, 0.25) is 0 Å². The van der Waals surface area contributed by atoms with Crippen LogP contribution in [0, 0.1) is 5.92 Å². The summed E-state index contributed by atoms with van der Waals surface area (Å²) in [6, 6.07) is 22.3. The van der Waals surface area contributed by atoms with Crippen LogP contribution in [0.25, 0.3) is 22.0 Å². The highest BCUT2D eigenvalue weighted by atomic mass is 16.6. The third-order valence-corrected chi connectivity index (χ3v) is 8.26. The Hall–Kier alpha value is -4.34. The minimum Gasteiger partial charge on any atom is -0.497 e. The van der Waals surface area contributed by atoms with Crippen LogP contribution in [0.5, 0.6) is 11.5 Å². The zero-order valence-electron chi connectivity index (χ0n) is 25.3.